The third-order valence-electron chi connectivity index (χ3n) is 3.49. The van der Waals surface area contributed by atoms with Gasteiger partial charge in [-0.05, 0) is 56.3 Å². The molecule has 0 aliphatic rings. The summed E-state index contributed by atoms with van der Waals surface area (Å²) in [6.45, 7) is 6.40. The molecule has 0 atom stereocenters. The lowest BCUT2D eigenvalue weighted by atomic mass is 10.2. The molecule has 0 saturated heterocycles. The van der Waals surface area contributed by atoms with Crippen LogP contribution >= 0.6 is 0 Å². The minimum absolute atomic E-state index is 0.258. The summed E-state index contributed by atoms with van der Waals surface area (Å²) in [6, 6.07) is 11.4. The van der Waals surface area contributed by atoms with Crippen LogP contribution in [0.1, 0.15) is 19.4 Å². The van der Waals surface area contributed by atoms with Crippen molar-refractivity contribution in [3.8, 4) is 0 Å². The van der Waals surface area contributed by atoms with E-state index >= 15 is 0 Å². The Morgan fingerprint density at radius 1 is 0.952 bits per heavy atom. The van der Waals surface area contributed by atoms with Gasteiger partial charge in [0.05, 0.1) is 0 Å². The molecule has 0 unspecified atom stereocenters. The Morgan fingerprint density at radius 2 is 1.62 bits per heavy atom. The monoisotopic (exact) mass is 290 g/mol. The lowest BCUT2D eigenvalue weighted by Crippen LogP contribution is -2.21. The van der Waals surface area contributed by atoms with Gasteiger partial charge < -0.3 is 10.2 Å². The number of benzene rings is 2. The van der Waals surface area contributed by atoms with Gasteiger partial charge in [-0.1, -0.05) is 0 Å². The van der Waals surface area contributed by atoms with Gasteiger partial charge in [0.2, 0.25) is 0 Å². The van der Waals surface area contributed by atoms with Crippen LogP contribution in [0.3, 0.4) is 0 Å². The summed E-state index contributed by atoms with van der Waals surface area (Å²) in [5, 5.41) is 3.11. The largest absolute Gasteiger partial charge is 0.381 e. The van der Waals surface area contributed by atoms with Crippen LogP contribution in [0.4, 0.5) is 20.2 Å². The smallest absolute Gasteiger partial charge is 0.128 e. The van der Waals surface area contributed by atoms with Crippen molar-refractivity contribution in [2.45, 2.75) is 20.4 Å². The summed E-state index contributed by atoms with van der Waals surface area (Å²) in [5.74, 6) is -0.825. The Labute approximate surface area is 124 Å². The maximum Gasteiger partial charge on any atom is 0.128 e. The van der Waals surface area contributed by atoms with E-state index < -0.39 is 11.6 Å². The minimum atomic E-state index is -0.426. The highest BCUT2D eigenvalue weighted by Gasteiger charge is 2.04. The highest BCUT2D eigenvalue weighted by Crippen LogP contribution is 2.19. The van der Waals surface area contributed by atoms with Gasteiger partial charge in [0.1, 0.15) is 11.6 Å². The zero-order valence-electron chi connectivity index (χ0n) is 12.4. The van der Waals surface area contributed by atoms with E-state index in [4.69, 9.17) is 0 Å². The maximum atomic E-state index is 13.5. The van der Waals surface area contributed by atoms with Crippen molar-refractivity contribution in [3.63, 3.8) is 0 Å². The summed E-state index contributed by atoms with van der Waals surface area (Å²) in [4.78, 5) is 2.25. The number of nitrogens with zero attached hydrogens (tertiary/aromatic N) is 1. The van der Waals surface area contributed by atoms with E-state index in [-0.39, 0.29) is 6.54 Å². The van der Waals surface area contributed by atoms with Crippen LogP contribution in [0.15, 0.2) is 42.5 Å². The zero-order chi connectivity index (χ0) is 15.2. The molecule has 21 heavy (non-hydrogen) atoms. The summed E-state index contributed by atoms with van der Waals surface area (Å²) in [6.07, 6.45) is 0. The Bertz CT molecular complexity index is 578. The molecule has 0 saturated carbocycles. The number of nitrogens with one attached hydrogen (secondary N) is 1. The predicted molar refractivity (Wildman–Crippen MR) is 83.7 cm³/mol. The molecular weight excluding hydrogens is 270 g/mol. The second kappa shape index (κ2) is 7.07. The van der Waals surface area contributed by atoms with Gasteiger partial charge >= 0.3 is 0 Å². The van der Waals surface area contributed by atoms with Gasteiger partial charge in [-0.2, -0.15) is 0 Å². The third-order valence-corrected chi connectivity index (χ3v) is 3.49. The fourth-order valence-electron chi connectivity index (χ4n) is 2.25. The number of halogens is 2. The van der Waals surface area contributed by atoms with Crippen molar-refractivity contribution in [3.05, 3.63) is 59.7 Å². The average Bonchev–Trinajstić information content (AvgIpc) is 2.51. The first-order chi connectivity index (χ1) is 10.1. The van der Waals surface area contributed by atoms with Gasteiger partial charge in [0, 0.05) is 36.6 Å². The molecule has 112 valence electrons. The molecule has 0 heterocycles. The lowest BCUT2D eigenvalue weighted by molar-refractivity contribution is 0.587. The van der Waals surface area contributed by atoms with Crippen molar-refractivity contribution < 1.29 is 8.78 Å². The molecule has 2 aromatic rings. The van der Waals surface area contributed by atoms with Crippen molar-refractivity contribution in [1.29, 1.82) is 0 Å². The van der Waals surface area contributed by atoms with E-state index in [9.17, 15) is 8.78 Å². The van der Waals surface area contributed by atoms with Gasteiger partial charge in [-0.3, -0.25) is 0 Å². The maximum absolute atomic E-state index is 13.5. The van der Waals surface area contributed by atoms with Crippen molar-refractivity contribution in [1.82, 2.24) is 0 Å². The predicted octanol–water partition coefficient (Wildman–Crippen LogP) is 4.42. The summed E-state index contributed by atoms with van der Waals surface area (Å²) < 4.78 is 26.6. The molecule has 0 fully saturated rings. The molecule has 0 amide bonds. The van der Waals surface area contributed by atoms with E-state index in [0.29, 0.717) is 5.56 Å². The zero-order valence-corrected chi connectivity index (χ0v) is 12.4. The van der Waals surface area contributed by atoms with Gasteiger partial charge in [0.15, 0.2) is 0 Å². The average molecular weight is 290 g/mol. The van der Waals surface area contributed by atoms with E-state index in [1.807, 2.05) is 24.3 Å². The third kappa shape index (κ3) is 3.94. The van der Waals surface area contributed by atoms with Crippen LogP contribution in [-0.2, 0) is 6.54 Å². The van der Waals surface area contributed by atoms with Crippen LogP contribution in [0.2, 0.25) is 0 Å². The fraction of sp³-hybridized carbons (Fsp3) is 0.294. The molecule has 0 bridgehead atoms. The van der Waals surface area contributed by atoms with Crippen molar-refractivity contribution in [2.75, 3.05) is 23.3 Å². The number of rotatable bonds is 6. The van der Waals surface area contributed by atoms with Gasteiger partial charge in [0.25, 0.3) is 0 Å². The van der Waals surface area contributed by atoms with E-state index in [2.05, 4.69) is 24.1 Å². The second-order valence-corrected chi connectivity index (χ2v) is 4.81. The molecule has 0 aliphatic carbocycles. The molecular formula is C17H20F2N2. The van der Waals surface area contributed by atoms with Crippen LogP contribution in [0.5, 0.6) is 0 Å². The first kappa shape index (κ1) is 15.3. The van der Waals surface area contributed by atoms with Gasteiger partial charge in [-0.25, -0.2) is 8.78 Å². The Hall–Kier alpha value is -2.10. The summed E-state index contributed by atoms with van der Waals surface area (Å²) in [5.41, 5.74) is 2.36. The highest BCUT2D eigenvalue weighted by atomic mass is 19.1. The SMILES string of the molecule is CCN(CC)c1ccc(NCc2cc(F)ccc2F)cc1. The first-order valence-electron chi connectivity index (χ1n) is 7.16. The number of hydrogen-bond donors (Lipinski definition) is 1. The van der Waals surface area contributed by atoms with Crippen LogP contribution < -0.4 is 10.2 Å². The summed E-state index contributed by atoms with van der Waals surface area (Å²) in [7, 11) is 0. The van der Waals surface area contributed by atoms with Crippen molar-refractivity contribution >= 4 is 11.4 Å². The van der Waals surface area contributed by atoms with E-state index in [1.165, 1.54) is 6.07 Å². The normalized spacial score (nSPS) is 10.5. The van der Waals surface area contributed by atoms with E-state index in [0.717, 1.165) is 36.6 Å². The lowest BCUT2D eigenvalue weighted by Gasteiger charge is -2.21. The molecule has 1 N–H and O–H groups in total. The Kier molecular flexibility index (Phi) is 5.14. The number of anilines is 2. The standard InChI is InChI=1S/C17H20F2N2/c1-3-21(4-2)16-8-6-15(7-9-16)20-12-13-11-14(18)5-10-17(13)19/h5-11,20H,3-4,12H2,1-2H3. The topological polar surface area (TPSA) is 15.3 Å². The van der Waals surface area contributed by atoms with Crippen molar-refractivity contribution in [2.24, 2.45) is 0 Å². The minimum Gasteiger partial charge on any atom is -0.381 e. The molecule has 2 nitrogen and oxygen atoms in total. The molecule has 0 aliphatic heterocycles. The molecule has 2 rings (SSSR count). The van der Waals surface area contributed by atoms with Crippen LogP contribution in [0, 0.1) is 11.6 Å². The molecule has 2 aromatic carbocycles. The molecule has 0 radical (unpaired) electrons. The first-order valence-corrected chi connectivity index (χ1v) is 7.16. The number of hydrogen-bond acceptors (Lipinski definition) is 2. The van der Waals surface area contributed by atoms with Crippen LogP contribution in [0.25, 0.3) is 0 Å². The summed E-state index contributed by atoms with van der Waals surface area (Å²) >= 11 is 0. The van der Waals surface area contributed by atoms with E-state index in [1.54, 1.807) is 0 Å². The molecule has 0 aromatic heterocycles. The Balaban J connectivity index is 2.02. The molecule has 4 heteroatoms. The Morgan fingerprint density at radius 3 is 2.24 bits per heavy atom. The fourth-order valence-corrected chi connectivity index (χ4v) is 2.25. The second-order valence-electron chi connectivity index (χ2n) is 4.81. The van der Waals surface area contributed by atoms with Crippen LogP contribution in [-0.4, -0.2) is 13.1 Å². The molecule has 0 spiro atoms. The van der Waals surface area contributed by atoms with Gasteiger partial charge in [-0.15, -0.1) is 0 Å². The quantitative estimate of drug-likeness (QED) is 0.847. The highest BCUT2D eigenvalue weighted by molar-refractivity contribution is 5.55.